The predicted molar refractivity (Wildman–Crippen MR) is 80.7 cm³/mol. The van der Waals surface area contributed by atoms with Crippen molar-refractivity contribution in [2.45, 2.75) is 12.6 Å². The third-order valence-electron chi connectivity index (χ3n) is 2.96. The minimum Gasteiger partial charge on any atom is -0.375 e. The first kappa shape index (κ1) is 15.5. The van der Waals surface area contributed by atoms with Crippen LogP contribution in [0.4, 0.5) is 9.18 Å². The van der Waals surface area contributed by atoms with E-state index in [1.165, 1.54) is 19.2 Å². The van der Waals surface area contributed by atoms with Crippen LogP contribution in [0.1, 0.15) is 16.5 Å². The van der Waals surface area contributed by atoms with E-state index in [-0.39, 0.29) is 24.5 Å². The summed E-state index contributed by atoms with van der Waals surface area (Å²) in [7, 11) is 1.53. The summed E-state index contributed by atoms with van der Waals surface area (Å²) in [6, 6.07) is 9.77. The van der Waals surface area contributed by atoms with Gasteiger partial charge in [-0.15, -0.1) is 11.3 Å². The van der Waals surface area contributed by atoms with E-state index in [1.54, 1.807) is 23.5 Å². The van der Waals surface area contributed by atoms with Crippen LogP contribution < -0.4 is 10.6 Å². The minimum atomic E-state index is -0.381. The van der Waals surface area contributed by atoms with E-state index >= 15 is 0 Å². The molecule has 0 bridgehead atoms. The zero-order valence-electron chi connectivity index (χ0n) is 11.6. The first-order valence-corrected chi connectivity index (χ1v) is 7.39. The van der Waals surface area contributed by atoms with Gasteiger partial charge in [0.05, 0.1) is 12.6 Å². The Hall–Kier alpha value is -1.92. The zero-order valence-corrected chi connectivity index (χ0v) is 12.5. The normalized spacial score (nSPS) is 11.9. The molecular formula is C15H17FN2O2S. The maximum absolute atomic E-state index is 13.2. The van der Waals surface area contributed by atoms with Gasteiger partial charge in [-0.2, -0.15) is 0 Å². The number of carbonyl (C=O) groups excluding carboxylic acids is 1. The standard InChI is InChI=1S/C15H17FN2O2S/c1-20-14(11-4-2-5-12(16)8-11)10-18-15(19)17-9-13-6-3-7-21-13/h2-8,14H,9-10H2,1H3,(H2,17,18,19). The molecule has 0 saturated carbocycles. The molecule has 0 aliphatic carbocycles. The van der Waals surface area contributed by atoms with E-state index in [0.717, 1.165) is 4.88 Å². The first-order valence-electron chi connectivity index (χ1n) is 6.51. The molecule has 2 aromatic rings. The van der Waals surface area contributed by atoms with Gasteiger partial charge in [-0.25, -0.2) is 9.18 Å². The van der Waals surface area contributed by atoms with Gasteiger partial charge in [-0.05, 0) is 29.1 Å². The van der Waals surface area contributed by atoms with Gasteiger partial charge in [-0.1, -0.05) is 18.2 Å². The number of hydrogen-bond acceptors (Lipinski definition) is 3. The highest BCUT2D eigenvalue weighted by atomic mass is 32.1. The number of hydrogen-bond donors (Lipinski definition) is 2. The van der Waals surface area contributed by atoms with Crippen molar-refractivity contribution in [1.29, 1.82) is 0 Å². The van der Waals surface area contributed by atoms with Crippen molar-refractivity contribution in [3.8, 4) is 0 Å². The van der Waals surface area contributed by atoms with Crippen molar-refractivity contribution in [2.24, 2.45) is 0 Å². The highest BCUT2D eigenvalue weighted by molar-refractivity contribution is 7.09. The molecule has 1 heterocycles. The molecule has 2 amide bonds. The van der Waals surface area contributed by atoms with Crippen LogP contribution in [0.25, 0.3) is 0 Å². The minimum absolute atomic E-state index is 0.274. The number of ether oxygens (including phenoxy) is 1. The number of urea groups is 1. The van der Waals surface area contributed by atoms with E-state index in [2.05, 4.69) is 10.6 Å². The predicted octanol–water partition coefficient (Wildman–Crippen LogP) is 3.07. The molecule has 2 rings (SSSR count). The van der Waals surface area contributed by atoms with Crippen LogP contribution in [0.5, 0.6) is 0 Å². The maximum atomic E-state index is 13.2. The highest BCUT2D eigenvalue weighted by Gasteiger charge is 2.12. The topological polar surface area (TPSA) is 50.4 Å². The van der Waals surface area contributed by atoms with E-state index in [4.69, 9.17) is 4.74 Å². The molecule has 2 N–H and O–H groups in total. The monoisotopic (exact) mass is 308 g/mol. The Labute approximate surface area is 126 Å². The Kier molecular flexibility index (Phi) is 5.71. The zero-order chi connectivity index (χ0) is 15.1. The third-order valence-corrected chi connectivity index (χ3v) is 3.83. The molecule has 1 atom stereocenters. The Morgan fingerprint density at radius 1 is 1.33 bits per heavy atom. The van der Waals surface area contributed by atoms with Crippen molar-refractivity contribution < 1.29 is 13.9 Å². The number of carbonyl (C=O) groups is 1. The number of thiophene rings is 1. The Morgan fingerprint density at radius 3 is 2.86 bits per heavy atom. The lowest BCUT2D eigenvalue weighted by Crippen LogP contribution is -2.37. The Morgan fingerprint density at radius 2 is 2.19 bits per heavy atom. The molecule has 1 aromatic heterocycles. The van der Waals surface area contributed by atoms with E-state index in [0.29, 0.717) is 12.1 Å². The molecule has 0 fully saturated rings. The lowest BCUT2D eigenvalue weighted by molar-refractivity contribution is 0.103. The van der Waals surface area contributed by atoms with E-state index in [9.17, 15) is 9.18 Å². The van der Waals surface area contributed by atoms with Gasteiger partial charge in [0.25, 0.3) is 0 Å². The van der Waals surface area contributed by atoms with Crippen LogP contribution in [0.15, 0.2) is 41.8 Å². The lowest BCUT2D eigenvalue weighted by Gasteiger charge is -2.16. The van der Waals surface area contributed by atoms with Gasteiger partial charge < -0.3 is 15.4 Å². The first-order chi connectivity index (χ1) is 10.2. The summed E-state index contributed by atoms with van der Waals surface area (Å²) in [5.74, 6) is -0.323. The third kappa shape index (κ3) is 4.84. The van der Waals surface area contributed by atoms with Crippen LogP contribution in [0.3, 0.4) is 0 Å². The van der Waals surface area contributed by atoms with Crippen LogP contribution >= 0.6 is 11.3 Å². The van der Waals surface area contributed by atoms with Crippen molar-refractivity contribution in [3.05, 3.63) is 58.0 Å². The number of methoxy groups -OCH3 is 1. The second-order valence-electron chi connectivity index (χ2n) is 4.42. The molecule has 4 nitrogen and oxygen atoms in total. The maximum Gasteiger partial charge on any atom is 0.315 e. The van der Waals surface area contributed by atoms with Crippen molar-refractivity contribution in [1.82, 2.24) is 10.6 Å². The molecule has 0 radical (unpaired) electrons. The summed E-state index contributed by atoms with van der Waals surface area (Å²) in [6.07, 6.45) is -0.381. The van der Waals surface area contributed by atoms with Crippen LogP contribution in [0.2, 0.25) is 0 Å². The fourth-order valence-electron chi connectivity index (χ4n) is 1.87. The fraction of sp³-hybridized carbons (Fsp3) is 0.267. The molecule has 0 aliphatic rings. The quantitative estimate of drug-likeness (QED) is 0.861. The highest BCUT2D eigenvalue weighted by Crippen LogP contribution is 2.16. The second-order valence-corrected chi connectivity index (χ2v) is 5.45. The number of benzene rings is 1. The molecule has 1 aromatic carbocycles. The van der Waals surface area contributed by atoms with Gasteiger partial charge in [-0.3, -0.25) is 0 Å². The van der Waals surface area contributed by atoms with Gasteiger partial charge in [0, 0.05) is 18.5 Å². The number of nitrogens with one attached hydrogen (secondary N) is 2. The molecule has 1 unspecified atom stereocenters. The fourth-order valence-corrected chi connectivity index (χ4v) is 2.52. The summed E-state index contributed by atoms with van der Waals surface area (Å²) < 4.78 is 18.5. The average Bonchev–Trinajstić information content (AvgIpc) is 2.99. The summed E-state index contributed by atoms with van der Waals surface area (Å²) >= 11 is 1.58. The number of amides is 2. The van der Waals surface area contributed by atoms with Crippen molar-refractivity contribution >= 4 is 17.4 Å². The van der Waals surface area contributed by atoms with Gasteiger partial charge in [0.2, 0.25) is 0 Å². The Balaban J connectivity index is 1.81. The van der Waals surface area contributed by atoms with Crippen LogP contribution in [-0.4, -0.2) is 19.7 Å². The largest absolute Gasteiger partial charge is 0.375 e. The van der Waals surface area contributed by atoms with Gasteiger partial charge >= 0.3 is 6.03 Å². The van der Waals surface area contributed by atoms with E-state index in [1.807, 2.05) is 17.5 Å². The average molecular weight is 308 g/mol. The van der Waals surface area contributed by atoms with Gasteiger partial charge in [0.15, 0.2) is 0 Å². The molecule has 0 saturated heterocycles. The molecule has 6 heteroatoms. The van der Waals surface area contributed by atoms with E-state index < -0.39 is 0 Å². The SMILES string of the molecule is COC(CNC(=O)NCc1cccs1)c1cccc(F)c1. The molecule has 0 aliphatic heterocycles. The van der Waals surface area contributed by atoms with Gasteiger partial charge in [0.1, 0.15) is 5.82 Å². The van der Waals surface area contributed by atoms with Crippen molar-refractivity contribution in [3.63, 3.8) is 0 Å². The smallest absolute Gasteiger partial charge is 0.315 e. The second kappa shape index (κ2) is 7.75. The number of halogens is 1. The van der Waals surface area contributed by atoms with Crippen LogP contribution in [-0.2, 0) is 11.3 Å². The Bertz CT molecular complexity index is 575. The summed E-state index contributed by atoms with van der Waals surface area (Å²) in [5.41, 5.74) is 0.691. The molecule has 21 heavy (non-hydrogen) atoms. The number of rotatable bonds is 6. The summed E-state index contributed by atoms with van der Waals surface area (Å²) in [5, 5.41) is 7.44. The summed E-state index contributed by atoms with van der Waals surface area (Å²) in [6.45, 7) is 0.761. The summed E-state index contributed by atoms with van der Waals surface area (Å²) in [4.78, 5) is 12.8. The molecule has 112 valence electrons. The molecular weight excluding hydrogens is 291 g/mol. The van der Waals surface area contributed by atoms with Crippen LogP contribution in [0, 0.1) is 5.82 Å². The lowest BCUT2D eigenvalue weighted by atomic mass is 10.1. The van der Waals surface area contributed by atoms with Crippen molar-refractivity contribution in [2.75, 3.05) is 13.7 Å². The molecule has 0 spiro atoms.